The highest BCUT2D eigenvalue weighted by Crippen LogP contribution is 2.24. The molecule has 0 bridgehead atoms. The quantitative estimate of drug-likeness (QED) is 0.788. The van der Waals surface area contributed by atoms with Gasteiger partial charge in [-0.2, -0.15) is 0 Å². The van der Waals surface area contributed by atoms with Crippen LogP contribution >= 0.6 is 0 Å². The normalized spacial score (nSPS) is 16.9. The number of hydrogen-bond acceptors (Lipinski definition) is 5. The summed E-state index contributed by atoms with van der Waals surface area (Å²) in [5.74, 6) is -1.60. The van der Waals surface area contributed by atoms with Gasteiger partial charge in [-0.15, -0.1) is 0 Å². The van der Waals surface area contributed by atoms with Gasteiger partial charge in [-0.3, -0.25) is 4.84 Å². The lowest BCUT2D eigenvalue weighted by Crippen LogP contribution is -2.36. The first kappa shape index (κ1) is 14.9. The number of methoxy groups -OCH3 is 1. The minimum absolute atomic E-state index is 0.166. The molecule has 0 aromatic heterocycles. The Morgan fingerprint density at radius 2 is 2.15 bits per heavy atom. The van der Waals surface area contributed by atoms with Crippen molar-refractivity contribution in [2.24, 2.45) is 0 Å². The van der Waals surface area contributed by atoms with Crippen molar-refractivity contribution in [2.45, 2.75) is 17.7 Å². The van der Waals surface area contributed by atoms with Crippen molar-refractivity contribution in [1.82, 2.24) is 4.47 Å². The van der Waals surface area contributed by atoms with Crippen LogP contribution in [0.4, 0.5) is 4.39 Å². The Labute approximate surface area is 116 Å². The maximum Gasteiger partial charge on any atom is 0.339 e. The van der Waals surface area contributed by atoms with Crippen LogP contribution in [0.1, 0.15) is 23.2 Å². The van der Waals surface area contributed by atoms with Crippen LogP contribution in [0.15, 0.2) is 23.1 Å². The molecule has 0 unspecified atom stereocenters. The Balaban J connectivity index is 2.49. The number of carbonyl (C=O) groups is 1. The topological polar surface area (TPSA) is 72.9 Å². The van der Waals surface area contributed by atoms with Gasteiger partial charge in [0, 0.05) is 6.54 Å². The number of ether oxygens (including phenoxy) is 1. The van der Waals surface area contributed by atoms with Gasteiger partial charge in [0.15, 0.2) is 0 Å². The molecule has 110 valence electrons. The largest absolute Gasteiger partial charge is 0.465 e. The monoisotopic (exact) mass is 303 g/mol. The van der Waals surface area contributed by atoms with Gasteiger partial charge >= 0.3 is 5.97 Å². The van der Waals surface area contributed by atoms with E-state index in [4.69, 9.17) is 4.84 Å². The maximum atomic E-state index is 13.3. The summed E-state index contributed by atoms with van der Waals surface area (Å²) in [5.41, 5.74) is -0.219. The van der Waals surface area contributed by atoms with Crippen molar-refractivity contribution in [3.63, 3.8) is 0 Å². The summed E-state index contributed by atoms with van der Waals surface area (Å²) in [6, 6.07) is 2.87. The number of rotatable bonds is 3. The zero-order chi connectivity index (χ0) is 14.8. The van der Waals surface area contributed by atoms with Gasteiger partial charge in [0.2, 0.25) is 0 Å². The maximum absolute atomic E-state index is 13.3. The molecule has 1 saturated heterocycles. The van der Waals surface area contributed by atoms with Crippen LogP contribution in [-0.2, 0) is 19.6 Å². The second kappa shape index (κ2) is 5.86. The van der Waals surface area contributed by atoms with Crippen LogP contribution in [0.5, 0.6) is 0 Å². The molecule has 1 aliphatic heterocycles. The lowest BCUT2D eigenvalue weighted by Gasteiger charge is -2.25. The Kier molecular flexibility index (Phi) is 4.36. The molecule has 1 heterocycles. The van der Waals surface area contributed by atoms with Crippen molar-refractivity contribution >= 4 is 16.0 Å². The number of sulfonamides is 1. The zero-order valence-electron chi connectivity index (χ0n) is 10.8. The summed E-state index contributed by atoms with van der Waals surface area (Å²) in [5, 5.41) is 0. The predicted molar refractivity (Wildman–Crippen MR) is 66.8 cm³/mol. The molecule has 0 amide bonds. The molecule has 0 saturated carbocycles. The van der Waals surface area contributed by atoms with Crippen molar-refractivity contribution in [3.8, 4) is 0 Å². The number of hydrogen-bond donors (Lipinski definition) is 0. The molecule has 20 heavy (non-hydrogen) atoms. The Morgan fingerprint density at radius 3 is 2.75 bits per heavy atom. The molecule has 0 N–H and O–H groups in total. The minimum atomic E-state index is -4.10. The number of halogens is 1. The molecule has 0 aliphatic carbocycles. The highest BCUT2D eigenvalue weighted by molar-refractivity contribution is 7.89. The second-order valence-electron chi connectivity index (χ2n) is 4.20. The van der Waals surface area contributed by atoms with E-state index in [-0.39, 0.29) is 18.7 Å². The molecule has 1 fully saturated rings. The van der Waals surface area contributed by atoms with E-state index in [1.807, 2.05) is 0 Å². The van der Waals surface area contributed by atoms with Crippen molar-refractivity contribution in [1.29, 1.82) is 0 Å². The highest BCUT2D eigenvalue weighted by Gasteiger charge is 2.32. The van der Waals surface area contributed by atoms with E-state index >= 15 is 0 Å². The summed E-state index contributed by atoms with van der Waals surface area (Å²) in [7, 11) is -2.98. The summed E-state index contributed by atoms with van der Waals surface area (Å²) in [4.78, 5) is 16.2. The van der Waals surface area contributed by atoms with E-state index in [9.17, 15) is 17.6 Å². The van der Waals surface area contributed by atoms with Gasteiger partial charge in [-0.1, -0.05) is 4.47 Å². The average molecular weight is 303 g/mol. The zero-order valence-corrected chi connectivity index (χ0v) is 11.7. The molecule has 0 atom stereocenters. The third-order valence-corrected chi connectivity index (χ3v) is 4.58. The van der Waals surface area contributed by atoms with Gasteiger partial charge in [-0.05, 0) is 31.0 Å². The van der Waals surface area contributed by atoms with Crippen LogP contribution in [0.2, 0.25) is 0 Å². The van der Waals surface area contributed by atoms with Crippen LogP contribution < -0.4 is 0 Å². The van der Waals surface area contributed by atoms with Crippen LogP contribution in [0.3, 0.4) is 0 Å². The van der Waals surface area contributed by atoms with E-state index in [0.717, 1.165) is 36.2 Å². The molecule has 1 aromatic carbocycles. The molecular weight excluding hydrogens is 289 g/mol. The lowest BCUT2D eigenvalue weighted by atomic mass is 10.2. The molecule has 6 nitrogen and oxygen atoms in total. The summed E-state index contributed by atoms with van der Waals surface area (Å²) in [6.07, 6.45) is 1.39. The average Bonchev–Trinajstić information content (AvgIpc) is 2.47. The first-order chi connectivity index (χ1) is 9.46. The third kappa shape index (κ3) is 2.82. The SMILES string of the molecule is COC(=O)c1ccc(F)cc1S(=O)(=O)N1CCCCO1. The smallest absolute Gasteiger partial charge is 0.339 e. The Bertz CT molecular complexity index is 610. The number of benzene rings is 1. The second-order valence-corrected chi connectivity index (χ2v) is 6.00. The number of nitrogens with zero attached hydrogens (tertiary/aromatic N) is 1. The fourth-order valence-corrected chi connectivity index (χ4v) is 3.35. The Morgan fingerprint density at radius 1 is 1.40 bits per heavy atom. The summed E-state index contributed by atoms with van der Waals surface area (Å²) < 4.78 is 43.5. The van der Waals surface area contributed by atoms with Gasteiger partial charge in [-0.25, -0.2) is 17.6 Å². The molecule has 2 rings (SSSR count). The standard InChI is InChI=1S/C12H14FNO5S/c1-18-12(15)10-5-4-9(13)8-11(10)20(16,17)14-6-2-3-7-19-14/h4-5,8H,2-3,6-7H2,1H3. The third-order valence-electron chi connectivity index (χ3n) is 2.87. The van der Waals surface area contributed by atoms with Gasteiger partial charge in [0.05, 0.1) is 19.3 Å². The molecule has 1 aliphatic rings. The van der Waals surface area contributed by atoms with E-state index in [2.05, 4.69) is 4.74 Å². The molecule has 8 heteroatoms. The number of hydroxylamine groups is 1. The van der Waals surface area contributed by atoms with E-state index < -0.39 is 26.7 Å². The molecular formula is C12H14FNO5S. The first-order valence-electron chi connectivity index (χ1n) is 6.00. The first-order valence-corrected chi connectivity index (χ1v) is 7.44. The van der Waals surface area contributed by atoms with Crippen LogP contribution in [-0.4, -0.2) is 39.1 Å². The highest BCUT2D eigenvalue weighted by atomic mass is 32.2. The summed E-state index contributed by atoms with van der Waals surface area (Å²) in [6.45, 7) is 0.432. The lowest BCUT2D eigenvalue weighted by molar-refractivity contribution is -0.108. The number of carbonyl (C=O) groups excluding carboxylic acids is 1. The van der Waals surface area contributed by atoms with Crippen molar-refractivity contribution in [2.75, 3.05) is 20.3 Å². The van der Waals surface area contributed by atoms with Crippen molar-refractivity contribution < 1.29 is 27.2 Å². The van der Waals surface area contributed by atoms with Crippen molar-refractivity contribution in [3.05, 3.63) is 29.6 Å². The van der Waals surface area contributed by atoms with Crippen LogP contribution in [0, 0.1) is 5.82 Å². The predicted octanol–water partition coefficient (Wildman–Crippen LogP) is 1.33. The number of esters is 1. The van der Waals surface area contributed by atoms with E-state index in [0.29, 0.717) is 6.42 Å². The fourth-order valence-electron chi connectivity index (χ4n) is 1.86. The van der Waals surface area contributed by atoms with Crippen LogP contribution in [0.25, 0.3) is 0 Å². The van der Waals surface area contributed by atoms with Gasteiger partial charge in [0.25, 0.3) is 10.0 Å². The molecule has 1 aromatic rings. The Hall–Kier alpha value is -1.51. The minimum Gasteiger partial charge on any atom is -0.465 e. The van der Waals surface area contributed by atoms with Gasteiger partial charge < -0.3 is 4.74 Å². The van der Waals surface area contributed by atoms with Gasteiger partial charge in [0.1, 0.15) is 10.7 Å². The summed E-state index contributed by atoms with van der Waals surface area (Å²) >= 11 is 0. The van der Waals surface area contributed by atoms with E-state index in [1.54, 1.807) is 0 Å². The molecule has 0 radical (unpaired) electrons. The fraction of sp³-hybridized carbons (Fsp3) is 0.417. The molecule has 0 spiro atoms. The van der Waals surface area contributed by atoms with E-state index in [1.165, 1.54) is 0 Å².